The van der Waals surface area contributed by atoms with Crippen molar-refractivity contribution in [2.75, 3.05) is 51.1 Å². The Morgan fingerprint density at radius 1 is 1.24 bits per heavy atom. The maximum Gasteiger partial charge on any atom is 0.240 e. The number of ether oxygens (including phenoxy) is 3. The van der Waals surface area contributed by atoms with E-state index in [1.807, 2.05) is 6.92 Å². The largest absolute Gasteiger partial charge is 0.497 e. The number of amides is 1. The van der Waals surface area contributed by atoms with Crippen LogP contribution in [0.15, 0.2) is 18.2 Å². The third kappa shape index (κ3) is 6.79. The number of nitrogens with one attached hydrogen (secondary N) is 1. The second-order valence-corrected chi connectivity index (χ2v) is 7.11. The smallest absolute Gasteiger partial charge is 0.240 e. The first-order valence-electron chi connectivity index (χ1n) is 7.87. The lowest BCUT2D eigenvalue weighted by atomic mass is 10.2. The van der Waals surface area contributed by atoms with Gasteiger partial charge in [0.25, 0.3) is 0 Å². The van der Waals surface area contributed by atoms with E-state index in [4.69, 9.17) is 14.2 Å². The van der Waals surface area contributed by atoms with Gasteiger partial charge in [-0.05, 0) is 25.5 Å². The van der Waals surface area contributed by atoms with E-state index >= 15 is 0 Å². The summed E-state index contributed by atoms with van der Waals surface area (Å²) in [4.78, 5) is 12.1. The van der Waals surface area contributed by atoms with Crippen molar-refractivity contribution in [2.45, 2.75) is 13.3 Å². The van der Waals surface area contributed by atoms with Crippen LogP contribution in [0.2, 0.25) is 0 Å². The van der Waals surface area contributed by atoms with Gasteiger partial charge in [0.2, 0.25) is 15.9 Å². The molecule has 25 heavy (non-hydrogen) atoms. The van der Waals surface area contributed by atoms with Gasteiger partial charge in [-0.15, -0.1) is 0 Å². The number of benzene rings is 1. The average molecular weight is 374 g/mol. The summed E-state index contributed by atoms with van der Waals surface area (Å²) in [5, 5.41) is 2.68. The molecule has 1 aromatic carbocycles. The fraction of sp³-hybridized carbons (Fsp3) is 0.562. The van der Waals surface area contributed by atoms with Gasteiger partial charge in [-0.2, -0.15) is 0 Å². The van der Waals surface area contributed by atoms with Crippen LogP contribution in [0.5, 0.6) is 11.5 Å². The Bertz CT molecular complexity index is 663. The Morgan fingerprint density at radius 3 is 2.52 bits per heavy atom. The molecule has 0 bridgehead atoms. The van der Waals surface area contributed by atoms with Crippen molar-refractivity contribution < 1.29 is 27.4 Å². The highest BCUT2D eigenvalue weighted by atomic mass is 32.2. The SMILES string of the molecule is CCOCCCNC(=O)CN(c1cc(OC)ccc1OC)S(C)(=O)=O. The van der Waals surface area contributed by atoms with E-state index in [0.717, 1.165) is 10.6 Å². The molecule has 1 amide bonds. The molecule has 0 saturated carbocycles. The number of carbonyl (C=O) groups excluding carboxylic acids is 1. The quantitative estimate of drug-likeness (QED) is 0.581. The maximum absolute atomic E-state index is 12.2. The summed E-state index contributed by atoms with van der Waals surface area (Å²) >= 11 is 0. The summed E-state index contributed by atoms with van der Waals surface area (Å²) in [6.45, 7) is 3.11. The first-order chi connectivity index (χ1) is 11.8. The standard InChI is InChI=1S/C16H26N2O6S/c1-5-24-10-6-9-17-16(19)12-18(25(4,20)21)14-11-13(22-2)7-8-15(14)23-3/h7-8,11H,5-6,9-10,12H2,1-4H3,(H,17,19). The van der Waals surface area contributed by atoms with Crippen molar-refractivity contribution >= 4 is 21.6 Å². The van der Waals surface area contributed by atoms with Gasteiger partial charge < -0.3 is 19.5 Å². The van der Waals surface area contributed by atoms with Gasteiger partial charge in [-0.1, -0.05) is 0 Å². The molecule has 0 saturated heterocycles. The van der Waals surface area contributed by atoms with E-state index in [9.17, 15) is 13.2 Å². The lowest BCUT2D eigenvalue weighted by Crippen LogP contribution is -2.41. The highest BCUT2D eigenvalue weighted by molar-refractivity contribution is 7.92. The average Bonchev–Trinajstić information content (AvgIpc) is 2.58. The molecular formula is C16H26N2O6S. The molecule has 0 radical (unpaired) electrons. The summed E-state index contributed by atoms with van der Waals surface area (Å²) < 4.78 is 40.9. The topological polar surface area (TPSA) is 94.2 Å². The number of anilines is 1. The van der Waals surface area contributed by atoms with Gasteiger partial charge in [0.1, 0.15) is 18.0 Å². The van der Waals surface area contributed by atoms with Crippen LogP contribution in [0.1, 0.15) is 13.3 Å². The number of rotatable bonds is 11. The highest BCUT2D eigenvalue weighted by Gasteiger charge is 2.24. The molecule has 0 aliphatic rings. The normalized spacial score (nSPS) is 11.0. The molecule has 0 aromatic heterocycles. The minimum atomic E-state index is -3.70. The number of hydrogen-bond donors (Lipinski definition) is 1. The molecule has 9 heteroatoms. The van der Waals surface area contributed by atoms with Gasteiger partial charge in [0, 0.05) is 25.8 Å². The van der Waals surface area contributed by atoms with Crippen molar-refractivity contribution in [3.63, 3.8) is 0 Å². The molecule has 0 aliphatic carbocycles. The van der Waals surface area contributed by atoms with Gasteiger partial charge in [-0.3, -0.25) is 9.10 Å². The molecular weight excluding hydrogens is 348 g/mol. The Hall–Kier alpha value is -2.00. The van der Waals surface area contributed by atoms with Crippen LogP contribution in [-0.4, -0.2) is 61.1 Å². The predicted octanol–water partition coefficient (Wildman–Crippen LogP) is 1.01. The first kappa shape index (κ1) is 21.0. The summed E-state index contributed by atoms with van der Waals surface area (Å²) in [6.07, 6.45) is 1.69. The minimum Gasteiger partial charge on any atom is -0.497 e. The van der Waals surface area contributed by atoms with Gasteiger partial charge in [0.15, 0.2) is 0 Å². The van der Waals surface area contributed by atoms with Crippen molar-refractivity contribution in [1.82, 2.24) is 5.32 Å². The third-order valence-electron chi connectivity index (χ3n) is 3.33. The first-order valence-corrected chi connectivity index (χ1v) is 9.72. The van der Waals surface area contributed by atoms with Gasteiger partial charge >= 0.3 is 0 Å². The number of nitrogens with zero attached hydrogens (tertiary/aromatic N) is 1. The van der Waals surface area contributed by atoms with E-state index in [1.54, 1.807) is 12.1 Å². The van der Waals surface area contributed by atoms with Crippen molar-refractivity contribution in [1.29, 1.82) is 0 Å². The maximum atomic E-state index is 12.2. The zero-order valence-corrected chi connectivity index (χ0v) is 15.9. The minimum absolute atomic E-state index is 0.244. The molecule has 0 fully saturated rings. The lowest BCUT2D eigenvalue weighted by molar-refractivity contribution is -0.119. The van der Waals surface area contributed by atoms with Crippen LogP contribution in [-0.2, 0) is 19.6 Å². The zero-order chi connectivity index (χ0) is 18.9. The van der Waals surface area contributed by atoms with Crippen LogP contribution in [0.4, 0.5) is 5.69 Å². The highest BCUT2D eigenvalue weighted by Crippen LogP contribution is 2.33. The fourth-order valence-electron chi connectivity index (χ4n) is 2.11. The van der Waals surface area contributed by atoms with Gasteiger partial charge in [-0.25, -0.2) is 8.42 Å². The zero-order valence-electron chi connectivity index (χ0n) is 15.1. The number of carbonyl (C=O) groups is 1. The molecule has 1 N–H and O–H groups in total. The Kier molecular flexibility index (Phi) is 8.50. The van der Waals surface area contributed by atoms with E-state index in [1.165, 1.54) is 20.3 Å². The van der Waals surface area contributed by atoms with Crippen LogP contribution in [0.3, 0.4) is 0 Å². The van der Waals surface area contributed by atoms with Crippen molar-refractivity contribution in [2.24, 2.45) is 0 Å². The van der Waals surface area contributed by atoms with Crippen molar-refractivity contribution in [3.8, 4) is 11.5 Å². The van der Waals surface area contributed by atoms with Gasteiger partial charge in [0.05, 0.1) is 26.2 Å². The van der Waals surface area contributed by atoms with Crippen LogP contribution in [0, 0.1) is 0 Å². The molecule has 0 unspecified atom stereocenters. The molecule has 1 rings (SSSR count). The second-order valence-electron chi connectivity index (χ2n) is 5.21. The van der Waals surface area contributed by atoms with E-state index < -0.39 is 15.9 Å². The Labute approximate surface area is 149 Å². The second kappa shape index (κ2) is 10.1. The summed E-state index contributed by atoms with van der Waals surface area (Å²) in [5.74, 6) is 0.378. The Balaban J connectivity index is 2.91. The molecule has 1 aromatic rings. The number of hydrogen-bond acceptors (Lipinski definition) is 6. The summed E-state index contributed by atoms with van der Waals surface area (Å²) in [6, 6.07) is 4.76. The molecule has 8 nitrogen and oxygen atoms in total. The number of sulfonamides is 1. The molecule has 0 spiro atoms. The Morgan fingerprint density at radius 2 is 1.96 bits per heavy atom. The van der Waals surface area contributed by atoms with E-state index in [0.29, 0.717) is 37.7 Å². The third-order valence-corrected chi connectivity index (χ3v) is 4.46. The fourth-order valence-corrected chi connectivity index (χ4v) is 2.96. The monoisotopic (exact) mass is 374 g/mol. The molecule has 142 valence electrons. The molecule has 0 heterocycles. The van der Waals surface area contributed by atoms with E-state index in [2.05, 4.69) is 5.32 Å². The summed E-state index contributed by atoms with van der Waals surface area (Å²) in [7, 11) is -0.794. The lowest BCUT2D eigenvalue weighted by Gasteiger charge is -2.24. The van der Waals surface area contributed by atoms with Crippen LogP contribution < -0.4 is 19.1 Å². The molecule has 0 atom stereocenters. The van der Waals surface area contributed by atoms with Crippen LogP contribution >= 0.6 is 0 Å². The van der Waals surface area contributed by atoms with Crippen LogP contribution in [0.25, 0.3) is 0 Å². The molecule has 0 aliphatic heterocycles. The number of methoxy groups -OCH3 is 2. The van der Waals surface area contributed by atoms with E-state index in [-0.39, 0.29) is 12.2 Å². The summed E-state index contributed by atoms with van der Waals surface area (Å²) in [5.41, 5.74) is 0.244. The van der Waals surface area contributed by atoms with Crippen molar-refractivity contribution in [3.05, 3.63) is 18.2 Å². The predicted molar refractivity (Wildman–Crippen MR) is 95.9 cm³/mol.